The van der Waals surface area contributed by atoms with Gasteiger partial charge in [-0.3, -0.25) is 4.79 Å². The van der Waals surface area contributed by atoms with E-state index in [2.05, 4.69) is 17.5 Å². The lowest BCUT2D eigenvalue weighted by molar-refractivity contribution is -0.145. The van der Waals surface area contributed by atoms with Crippen LogP contribution in [0.4, 0.5) is 0 Å². The van der Waals surface area contributed by atoms with Gasteiger partial charge in [-0.1, -0.05) is 12.1 Å². The summed E-state index contributed by atoms with van der Waals surface area (Å²) in [7, 11) is 0. The van der Waals surface area contributed by atoms with Crippen LogP contribution in [-0.4, -0.2) is 5.97 Å². The lowest BCUT2D eigenvalue weighted by Gasteiger charge is -2.13. The second kappa shape index (κ2) is 4.03. The van der Waals surface area contributed by atoms with Gasteiger partial charge in [0.15, 0.2) is 0 Å². The number of carbonyl (C=O) groups is 1. The molecule has 0 aliphatic rings. The Morgan fingerprint density at radius 3 is 2.93 bits per heavy atom. The van der Waals surface area contributed by atoms with Crippen LogP contribution in [0.2, 0.25) is 0 Å². The summed E-state index contributed by atoms with van der Waals surface area (Å²) < 4.78 is 6.41. The molecule has 0 spiro atoms. The van der Waals surface area contributed by atoms with Crippen molar-refractivity contribution >= 4 is 27.4 Å². The molecule has 0 aliphatic carbocycles. The third-order valence-corrected chi connectivity index (χ3v) is 3.19. The molecule has 1 aromatic carbocycles. The van der Waals surface area contributed by atoms with Crippen LogP contribution in [0.15, 0.2) is 29.6 Å². The molecule has 3 heteroatoms. The molecule has 78 valence electrons. The molecule has 2 nitrogen and oxygen atoms in total. The zero-order chi connectivity index (χ0) is 10.8. The third-order valence-electron chi connectivity index (χ3n) is 2.31. The van der Waals surface area contributed by atoms with Gasteiger partial charge in [0, 0.05) is 17.2 Å². The predicted octanol–water partition coefficient (Wildman–Crippen LogP) is 3.53. The van der Waals surface area contributed by atoms with E-state index < -0.39 is 0 Å². The molecule has 0 aliphatic heterocycles. The number of benzene rings is 1. The lowest BCUT2D eigenvalue weighted by atomic mass is 10.1. The quantitative estimate of drug-likeness (QED) is 0.724. The number of esters is 1. The summed E-state index contributed by atoms with van der Waals surface area (Å²) in [5.41, 5.74) is 1.07. The zero-order valence-electron chi connectivity index (χ0n) is 8.69. The monoisotopic (exact) mass is 220 g/mol. The van der Waals surface area contributed by atoms with E-state index in [9.17, 15) is 4.79 Å². The number of rotatable bonds is 2. The molecule has 15 heavy (non-hydrogen) atoms. The highest BCUT2D eigenvalue weighted by atomic mass is 32.1. The number of thiophene rings is 1. The predicted molar refractivity (Wildman–Crippen MR) is 62.0 cm³/mol. The number of carbonyl (C=O) groups excluding carboxylic acids is 1. The van der Waals surface area contributed by atoms with E-state index in [-0.39, 0.29) is 12.1 Å². The van der Waals surface area contributed by atoms with E-state index in [0.29, 0.717) is 0 Å². The van der Waals surface area contributed by atoms with Gasteiger partial charge in [-0.05, 0) is 29.8 Å². The molecule has 2 aromatic rings. The maximum absolute atomic E-state index is 10.9. The molecule has 1 unspecified atom stereocenters. The highest BCUT2D eigenvalue weighted by Crippen LogP contribution is 2.29. The Balaban J connectivity index is 2.42. The Bertz CT molecular complexity index is 487. The summed E-state index contributed by atoms with van der Waals surface area (Å²) >= 11 is 1.70. The first-order chi connectivity index (χ1) is 7.18. The van der Waals surface area contributed by atoms with Crippen molar-refractivity contribution in [1.82, 2.24) is 0 Å². The van der Waals surface area contributed by atoms with Crippen molar-refractivity contribution < 1.29 is 9.53 Å². The molecule has 0 N–H and O–H groups in total. The van der Waals surface area contributed by atoms with Crippen LogP contribution in [0.1, 0.15) is 25.5 Å². The smallest absolute Gasteiger partial charge is 0.303 e. The fraction of sp³-hybridized carbons (Fsp3) is 0.250. The minimum Gasteiger partial charge on any atom is -0.458 e. The van der Waals surface area contributed by atoms with Crippen LogP contribution < -0.4 is 0 Å². The minimum atomic E-state index is -0.241. The minimum absolute atomic E-state index is 0.180. The van der Waals surface area contributed by atoms with Crippen LogP contribution in [-0.2, 0) is 9.53 Å². The van der Waals surface area contributed by atoms with Gasteiger partial charge in [-0.2, -0.15) is 0 Å². The SMILES string of the molecule is CC(=O)OC(C)c1cccc2sccc12. The van der Waals surface area contributed by atoms with Gasteiger partial charge in [0.05, 0.1) is 0 Å². The normalized spacial score (nSPS) is 12.7. The van der Waals surface area contributed by atoms with E-state index in [4.69, 9.17) is 4.74 Å². The van der Waals surface area contributed by atoms with Crippen LogP contribution in [0, 0.1) is 0 Å². The standard InChI is InChI=1S/C12H12O2S/c1-8(14-9(2)13)10-4-3-5-12-11(10)6-7-15-12/h3-8H,1-2H3. The maximum atomic E-state index is 10.9. The summed E-state index contributed by atoms with van der Waals surface area (Å²) in [5, 5.41) is 3.23. The molecule has 0 saturated heterocycles. The van der Waals surface area contributed by atoms with Crippen molar-refractivity contribution in [3.05, 3.63) is 35.2 Å². The maximum Gasteiger partial charge on any atom is 0.303 e. The van der Waals surface area contributed by atoms with Crippen LogP contribution in [0.25, 0.3) is 10.1 Å². The molecule has 0 bridgehead atoms. The highest BCUT2D eigenvalue weighted by molar-refractivity contribution is 7.17. The molecule has 0 saturated carbocycles. The van der Waals surface area contributed by atoms with Crippen LogP contribution in [0.5, 0.6) is 0 Å². The summed E-state index contributed by atoms with van der Waals surface area (Å²) in [6.45, 7) is 3.33. The van der Waals surface area contributed by atoms with Gasteiger partial charge in [0.1, 0.15) is 6.10 Å². The molecule has 0 amide bonds. The van der Waals surface area contributed by atoms with Crippen molar-refractivity contribution in [2.45, 2.75) is 20.0 Å². The average Bonchev–Trinajstić information content (AvgIpc) is 2.63. The van der Waals surface area contributed by atoms with E-state index in [1.165, 1.54) is 17.0 Å². The van der Waals surface area contributed by atoms with Gasteiger partial charge in [0.2, 0.25) is 0 Å². The molecule has 1 heterocycles. The van der Waals surface area contributed by atoms with Gasteiger partial charge >= 0.3 is 5.97 Å². The summed E-state index contributed by atoms with van der Waals surface area (Å²) in [6, 6.07) is 8.14. The molecule has 1 atom stereocenters. The second-order valence-electron chi connectivity index (χ2n) is 3.43. The first-order valence-electron chi connectivity index (χ1n) is 4.82. The third kappa shape index (κ3) is 2.02. The largest absolute Gasteiger partial charge is 0.458 e. The van der Waals surface area contributed by atoms with Crippen molar-refractivity contribution in [3.8, 4) is 0 Å². The first-order valence-corrected chi connectivity index (χ1v) is 5.70. The molecule has 0 fully saturated rings. The van der Waals surface area contributed by atoms with E-state index in [1.807, 2.05) is 19.1 Å². The summed E-state index contributed by atoms with van der Waals surface area (Å²) in [5.74, 6) is -0.241. The highest BCUT2D eigenvalue weighted by Gasteiger charge is 2.11. The fourth-order valence-corrected chi connectivity index (χ4v) is 2.51. The Hall–Kier alpha value is -1.35. The molecular weight excluding hydrogens is 208 g/mol. The topological polar surface area (TPSA) is 26.3 Å². The first kappa shape index (κ1) is 10.2. The Morgan fingerprint density at radius 1 is 1.40 bits per heavy atom. The van der Waals surface area contributed by atoms with Crippen molar-refractivity contribution in [1.29, 1.82) is 0 Å². The Kier molecular flexibility index (Phi) is 2.73. The average molecular weight is 220 g/mol. The van der Waals surface area contributed by atoms with Gasteiger partial charge in [0.25, 0.3) is 0 Å². The van der Waals surface area contributed by atoms with E-state index >= 15 is 0 Å². The second-order valence-corrected chi connectivity index (χ2v) is 4.38. The van der Waals surface area contributed by atoms with Crippen molar-refractivity contribution in [3.63, 3.8) is 0 Å². The number of ether oxygens (including phenoxy) is 1. The van der Waals surface area contributed by atoms with Crippen LogP contribution in [0.3, 0.4) is 0 Å². The van der Waals surface area contributed by atoms with Crippen molar-refractivity contribution in [2.24, 2.45) is 0 Å². The molecular formula is C12H12O2S. The fourth-order valence-electron chi connectivity index (χ4n) is 1.68. The van der Waals surface area contributed by atoms with Gasteiger partial charge in [-0.25, -0.2) is 0 Å². The summed E-state index contributed by atoms with van der Waals surface area (Å²) in [4.78, 5) is 10.9. The number of fused-ring (bicyclic) bond motifs is 1. The lowest BCUT2D eigenvalue weighted by Crippen LogP contribution is -2.04. The summed E-state index contributed by atoms with van der Waals surface area (Å²) in [6.07, 6.45) is -0.180. The zero-order valence-corrected chi connectivity index (χ0v) is 9.51. The Morgan fingerprint density at radius 2 is 2.20 bits per heavy atom. The molecule has 2 rings (SSSR count). The van der Waals surface area contributed by atoms with Crippen molar-refractivity contribution in [2.75, 3.05) is 0 Å². The number of hydrogen-bond donors (Lipinski definition) is 0. The van der Waals surface area contributed by atoms with Gasteiger partial charge < -0.3 is 4.74 Å². The van der Waals surface area contributed by atoms with E-state index in [0.717, 1.165) is 5.56 Å². The Labute approximate surface area is 92.5 Å². The van der Waals surface area contributed by atoms with Crippen LogP contribution >= 0.6 is 11.3 Å². The van der Waals surface area contributed by atoms with E-state index in [1.54, 1.807) is 11.3 Å². The molecule has 0 radical (unpaired) electrons. The van der Waals surface area contributed by atoms with Gasteiger partial charge in [-0.15, -0.1) is 11.3 Å². The molecule has 1 aromatic heterocycles. The number of hydrogen-bond acceptors (Lipinski definition) is 3.